The number of halogens is 3. The van der Waals surface area contributed by atoms with Crippen molar-refractivity contribution in [1.82, 2.24) is 15.1 Å². The monoisotopic (exact) mass is 319 g/mol. The molecule has 18 heavy (non-hydrogen) atoms. The highest BCUT2D eigenvalue weighted by Gasteiger charge is 2.25. The first-order valence-corrected chi connectivity index (χ1v) is 6.46. The van der Waals surface area contributed by atoms with Crippen molar-refractivity contribution in [2.75, 3.05) is 39.3 Å². The summed E-state index contributed by atoms with van der Waals surface area (Å²) in [6.07, 6.45) is 2.75. The maximum atomic E-state index is 3.43. The second-order valence-electron chi connectivity index (χ2n) is 5.15. The van der Waals surface area contributed by atoms with Gasteiger partial charge in [-0.2, -0.15) is 0 Å². The molecule has 3 nitrogen and oxygen atoms in total. The Kier molecular flexibility index (Phi) is 12.3. The van der Waals surface area contributed by atoms with Crippen LogP contribution < -0.4 is 5.32 Å². The van der Waals surface area contributed by atoms with Crippen LogP contribution in [0.3, 0.4) is 0 Å². The van der Waals surface area contributed by atoms with E-state index in [1.165, 1.54) is 52.1 Å². The van der Waals surface area contributed by atoms with E-state index in [-0.39, 0.29) is 37.2 Å². The Morgan fingerprint density at radius 1 is 0.889 bits per heavy atom. The van der Waals surface area contributed by atoms with E-state index in [9.17, 15) is 0 Å². The zero-order valence-electron chi connectivity index (χ0n) is 11.4. The number of hydrogen-bond acceptors (Lipinski definition) is 3. The molecule has 2 heterocycles. The molecule has 0 aromatic carbocycles. The lowest BCUT2D eigenvalue weighted by molar-refractivity contribution is 0.0840. The summed E-state index contributed by atoms with van der Waals surface area (Å²) in [6.45, 7) is 12.1. The van der Waals surface area contributed by atoms with Crippen LogP contribution in [0.5, 0.6) is 0 Å². The molecule has 0 atom stereocenters. The molecule has 0 amide bonds. The lowest BCUT2D eigenvalue weighted by Gasteiger charge is -2.41. The number of piperazine rings is 1. The number of piperidine rings is 1. The van der Waals surface area contributed by atoms with Crippen LogP contribution in [0, 0.1) is 0 Å². The van der Waals surface area contributed by atoms with Gasteiger partial charge in [0.1, 0.15) is 0 Å². The van der Waals surface area contributed by atoms with Gasteiger partial charge in [0.05, 0.1) is 0 Å². The van der Waals surface area contributed by atoms with E-state index in [0.29, 0.717) is 0 Å². The van der Waals surface area contributed by atoms with Gasteiger partial charge in [0, 0.05) is 38.3 Å². The van der Waals surface area contributed by atoms with E-state index in [1.807, 2.05) is 0 Å². The summed E-state index contributed by atoms with van der Waals surface area (Å²) in [7, 11) is 0. The van der Waals surface area contributed by atoms with Crippen LogP contribution >= 0.6 is 37.2 Å². The Labute approximate surface area is 130 Å². The summed E-state index contributed by atoms with van der Waals surface area (Å²) >= 11 is 0. The van der Waals surface area contributed by atoms with E-state index < -0.39 is 0 Å². The van der Waals surface area contributed by atoms with Crippen LogP contribution in [0.2, 0.25) is 0 Å². The highest BCUT2D eigenvalue weighted by molar-refractivity contribution is 5.86. The first-order valence-electron chi connectivity index (χ1n) is 6.46. The minimum atomic E-state index is 0. The van der Waals surface area contributed by atoms with E-state index >= 15 is 0 Å². The summed E-state index contributed by atoms with van der Waals surface area (Å²) in [5, 5.41) is 3.43. The molecule has 6 heteroatoms. The van der Waals surface area contributed by atoms with Gasteiger partial charge < -0.3 is 10.2 Å². The van der Waals surface area contributed by atoms with Gasteiger partial charge in [0.15, 0.2) is 0 Å². The number of nitrogens with one attached hydrogen (secondary N) is 1. The van der Waals surface area contributed by atoms with Crippen LogP contribution in [0.4, 0.5) is 0 Å². The van der Waals surface area contributed by atoms with Gasteiger partial charge in [-0.25, -0.2) is 0 Å². The summed E-state index contributed by atoms with van der Waals surface area (Å²) in [5.74, 6) is 0. The number of rotatable bonds is 2. The quantitative estimate of drug-likeness (QED) is 0.840. The fourth-order valence-electron chi connectivity index (χ4n) is 2.81. The van der Waals surface area contributed by atoms with E-state index in [4.69, 9.17) is 0 Å². The highest BCUT2D eigenvalue weighted by Crippen LogP contribution is 2.18. The Hall–Kier alpha value is 0.750. The lowest BCUT2D eigenvalue weighted by atomic mass is 10.0. The lowest BCUT2D eigenvalue weighted by Crippen LogP contribution is -2.52. The maximum Gasteiger partial charge on any atom is 0.0121 e. The molecule has 1 N–H and O–H groups in total. The van der Waals surface area contributed by atoms with Crippen molar-refractivity contribution in [3.05, 3.63) is 0 Å². The smallest absolute Gasteiger partial charge is 0.0121 e. The molecule has 2 fully saturated rings. The van der Waals surface area contributed by atoms with Crippen LogP contribution in [-0.2, 0) is 0 Å². The van der Waals surface area contributed by atoms with Crippen molar-refractivity contribution in [2.45, 2.75) is 38.8 Å². The molecule has 0 unspecified atom stereocenters. The van der Waals surface area contributed by atoms with Gasteiger partial charge in [-0.3, -0.25) is 4.90 Å². The molecule has 2 aliphatic heterocycles. The zero-order chi connectivity index (χ0) is 10.7. The Balaban J connectivity index is 0. The average molecular weight is 321 g/mol. The zero-order valence-corrected chi connectivity index (χ0v) is 13.9. The normalized spacial score (nSPS) is 22.8. The van der Waals surface area contributed by atoms with Crippen molar-refractivity contribution in [3.63, 3.8) is 0 Å². The minimum absolute atomic E-state index is 0. The predicted octanol–water partition coefficient (Wildman–Crippen LogP) is 2.03. The summed E-state index contributed by atoms with van der Waals surface area (Å²) < 4.78 is 0. The second-order valence-corrected chi connectivity index (χ2v) is 5.15. The fraction of sp³-hybridized carbons (Fsp3) is 1.00. The fourth-order valence-corrected chi connectivity index (χ4v) is 2.81. The van der Waals surface area contributed by atoms with E-state index in [0.717, 1.165) is 12.1 Å². The van der Waals surface area contributed by atoms with E-state index in [2.05, 4.69) is 29.0 Å². The first kappa shape index (κ1) is 21.1. The third-order valence-corrected chi connectivity index (χ3v) is 3.90. The molecule has 2 rings (SSSR count). The van der Waals surface area contributed by atoms with Crippen LogP contribution in [-0.4, -0.2) is 61.2 Å². The molecular formula is C12H28Cl3N3. The molecule has 0 saturated carbocycles. The van der Waals surface area contributed by atoms with Crippen molar-refractivity contribution in [1.29, 1.82) is 0 Å². The van der Waals surface area contributed by atoms with Gasteiger partial charge in [-0.15, -0.1) is 37.2 Å². The molecule has 2 saturated heterocycles. The molecule has 0 aromatic heterocycles. The average Bonchev–Trinajstić information content (AvgIpc) is 2.30. The van der Waals surface area contributed by atoms with E-state index in [1.54, 1.807) is 0 Å². The number of likely N-dealkylation sites (tertiary alicyclic amines) is 1. The summed E-state index contributed by atoms with van der Waals surface area (Å²) in [5.41, 5.74) is 0. The van der Waals surface area contributed by atoms with Gasteiger partial charge in [0.2, 0.25) is 0 Å². The molecule has 0 radical (unpaired) electrons. The van der Waals surface area contributed by atoms with Crippen molar-refractivity contribution in [2.24, 2.45) is 0 Å². The highest BCUT2D eigenvalue weighted by atomic mass is 35.5. The molecule has 0 aliphatic carbocycles. The second kappa shape index (κ2) is 10.5. The Morgan fingerprint density at radius 2 is 1.39 bits per heavy atom. The number of nitrogens with zero attached hydrogens (tertiary/aromatic N) is 2. The molecule has 2 aliphatic rings. The maximum absolute atomic E-state index is 3.43. The number of hydrogen-bond donors (Lipinski definition) is 1. The predicted molar refractivity (Wildman–Crippen MR) is 85.9 cm³/mol. The van der Waals surface area contributed by atoms with Gasteiger partial charge in [0.25, 0.3) is 0 Å². The molecule has 0 bridgehead atoms. The molecular weight excluding hydrogens is 293 g/mol. The van der Waals surface area contributed by atoms with Gasteiger partial charge >= 0.3 is 0 Å². The molecule has 112 valence electrons. The topological polar surface area (TPSA) is 18.5 Å². The van der Waals surface area contributed by atoms with Crippen LogP contribution in [0.15, 0.2) is 0 Å². The third-order valence-electron chi connectivity index (χ3n) is 3.90. The van der Waals surface area contributed by atoms with Gasteiger partial charge in [-0.1, -0.05) is 0 Å². The first-order chi connectivity index (χ1) is 7.27. The standard InChI is InChI=1S/C12H25N3.3ClH/c1-11(2)14-7-3-12(4-8-14)15-9-5-13-6-10-15;;;/h11-13H,3-10H2,1-2H3;3*1H. The SMILES string of the molecule is CC(C)N1CCC(N2CCNCC2)CC1.Cl.Cl.Cl. The van der Waals surface area contributed by atoms with Crippen molar-refractivity contribution < 1.29 is 0 Å². The third kappa shape index (κ3) is 5.81. The minimum Gasteiger partial charge on any atom is -0.314 e. The van der Waals surface area contributed by atoms with Gasteiger partial charge in [-0.05, 0) is 39.8 Å². The van der Waals surface area contributed by atoms with Crippen molar-refractivity contribution >= 4 is 37.2 Å². The largest absolute Gasteiger partial charge is 0.314 e. The van der Waals surface area contributed by atoms with Crippen LogP contribution in [0.1, 0.15) is 26.7 Å². The Morgan fingerprint density at radius 3 is 1.83 bits per heavy atom. The van der Waals surface area contributed by atoms with Crippen molar-refractivity contribution in [3.8, 4) is 0 Å². The van der Waals surface area contributed by atoms with Crippen LogP contribution in [0.25, 0.3) is 0 Å². The Bertz CT molecular complexity index is 191. The summed E-state index contributed by atoms with van der Waals surface area (Å²) in [6, 6.07) is 1.59. The molecule has 0 spiro atoms. The molecule has 0 aromatic rings. The summed E-state index contributed by atoms with van der Waals surface area (Å²) in [4.78, 5) is 5.30.